The summed E-state index contributed by atoms with van der Waals surface area (Å²) in [5, 5.41) is 20.6. The van der Waals surface area contributed by atoms with Gasteiger partial charge in [-0.15, -0.1) is 0 Å². The first-order valence-electron chi connectivity index (χ1n) is 36.4. The zero-order chi connectivity index (χ0) is 70.9. The zero-order valence-electron chi connectivity index (χ0n) is 59.7. The second-order valence-corrected chi connectivity index (χ2v) is 26.5. The van der Waals surface area contributed by atoms with Crippen LogP contribution in [-0.4, -0.2) is 95.9 Å². The van der Waals surface area contributed by atoms with Gasteiger partial charge in [-0.05, 0) is 148 Å². The second-order valence-electron chi connectivity index (χ2n) is 23.6. The van der Waals surface area contributed by atoms with Crippen LogP contribution >= 0.6 is 15.6 Å². The van der Waals surface area contributed by atoms with Crippen LogP contribution in [0.4, 0.5) is 0 Å². The van der Waals surface area contributed by atoms with E-state index in [0.717, 1.165) is 193 Å². The van der Waals surface area contributed by atoms with Crippen LogP contribution in [0.1, 0.15) is 252 Å². The second kappa shape index (κ2) is 70.8. The molecule has 550 valence electrons. The molecule has 0 aromatic heterocycles. The molecule has 18 heteroatoms. The number of allylic oxidation sites excluding steroid dienone is 28. The van der Waals surface area contributed by atoms with E-state index in [2.05, 4.69) is 191 Å². The van der Waals surface area contributed by atoms with Gasteiger partial charge in [0.2, 0.25) is 0 Å². The Labute approximate surface area is 586 Å². The lowest BCUT2D eigenvalue weighted by Gasteiger charge is -2.21. The van der Waals surface area contributed by atoms with Gasteiger partial charge >= 0.3 is 33.6 Å². The number of aliphatic hydroxyl groups is 2. The number of phosphoric acid groups is 2. The summed E-state index contributed by atoms with van der Waals surface area (Å²) in [7, 11) is -9.81. The van der Waals surface area contributed by atoms with Gasteiger partial charge in [0.05, 0.1) is 26.4 Å². The lowest BCUT2D eigenvalue weighted by molar-refractivity contribution is -0.161. The molecule has 0 bridgehead atoms. The van der Waals surface area contributed by atoms with Crippen molar-refractivity contribution < 1.29 is 75.8 Å². The van der Waals surface area contributed by atoms with Crippen molar-refractivity contribution in [2.24, 2.45) is 0 Å². The van der Waals surface area contributed by atoms with Gasteiger partial charge in [-0.3, -0.25) is 32.5 Å². The fraction of sp³-hybridized carbons (Fsp3) is 0.608. The Morgan fingerprint density at radius 3 is 0.866 bits per heavy atom. The molecule has 97 heavy (non-hydrogen) atoms. The Hall–Kier alpha value is -5.09. The first-order valence-corrected chi connectivity index (χ1v) is 39.4. The van der Waals surface area contributed by atoms with Gasteiger partial charge < -0.3 is 34.2 Å². The largest absolute Gasteiger partial charge is 0.472 e. The standard InChI is InChI=1S/C79H128O16P2/c1-4-7-10-13-16-19-22-25-27-29-31-33-35-36-38-40-41-43-45-48-50-53-56-59-62-65-77(82)89-68-74(80)69-91-96(85,86)92-70-75(81)71-93-97(87,88)94-73-76(95-79(84)67-64-61-58-55-52-47-24-21-18-15-12-9-6-3)72-90-78(83)66-63-60-57-54-51-49-46-44-42-39-37-34-32-30-28-26-23-20-17-14-11-8-5-2/h7-8,10-12,15-17,19-21,24-28,31-34,36,38-39,41-43,46,49,74-76,80-81H,4-6,9,13-14,18,22-23,29-30,35,37,40,44-45,47-48,50-73H2,1-3H3,(H,85,86)(H,87,88)/b10-7-,11-8-,15-12-,19-16-,20-17-,24-21-,27-25-,28-26-,33-31-,34-32-,38-36-,42-39-,43-41-,49-46-. The van der Waals surface area contributed by atoms with Crippen LogP contribution in [0.5, 0.6) is 0 Å². The Morgan fingerprint density at radius 2 is 0.546 bits per heavy atom. The molecule has 0 heterocycles. The highest BCUT2D eigenvalue weighted by atomic mass is 31.2. The summed E-state index contributed by atoms with van der Waals surface area (Å²) in [5.41, 5.74) is 0. The lowest BCUT2D eigenvalue weighted by atomic mass is 10.1. The molecule has 0 saturated carbocycles. The normalized spacial score (nSPS) is 15.1. The van der Waals surface area contributed by atoms with Gasteiger partial charge in [0.25, 0.3) is 0 Å². The Balaban J connectivity index is 4.65. The molecule has 0 aromatic carbocycles. The number of ether oxygens (including phenoxy) is 3. The van der Waals surface area contributed by atoms with Crippen molar-refractivity contribution in [2.45, 2.75) is 270 Å². The zero-order valence-corrected chi connectivity index (χ0v) is 61.5. The molecular formula is C79H128O16P2. The van der Waals surface area contributed by atoms with E-state index in [9.17, 15) is 43.5 Å². The minimum Gasteiger partial charge on any atom is -0.463 e. The van der Waals surface area contributed by atoms with Gasteiger partial charge in [0.15, 0.2) is 6.10 Å². The van der Waals surface area contributed by atoms with Crippen LogP contribution in [0.15, 0.2) is 170 Å². The van der Waals surface area contributed by atoms with Gasteiger partial charge in [-0.25, -0.2) is 9.13 Å². The molecule has 0 aliphatic heterocycles. The van der Waals surface area contributed by atoms with E-state index in [4.69, 9.17) is 32.3 Å². The number of aliphatic hydroxyl groups excluding tert-OH is 2. The van der Waals surface area contributed by atoms with Crippen LogP contribution in [-0.2, 0) is 55.8 Å². The van der Waals surface area contributed by atoms with Crippen molar-refractivity contribution >= 4 is 33.6 Å². The van der Waals surface area contributed by atoms with Crippen molar-refractivity contribution in [2.75, 3.05) is 39.6 Å². The third kappa shape index (κ3) is 72.0. The molecule has 0 spiro atoms. The molecule has 5 atom stereocenters. The van der Waals surface area contributed by atoms with E-state index in [-0.39, 0.29) is 19.3 Å². The van der Waals surface area contributed by atoms with Crippen LogP contribution in [0, 0.1) is 0 Å². The van der Waals surface area contributed by atoms with Crippen molar-refractivity contribution in [3.63, 3.8) is 0 Å². The summed E-state index contributed by atoms with van der Waals surface area (Å²) in [5.74, 6) is -1.65. The maximum absolute atomic E-state index is 12.9. The summed E-state index contributed by atoms with van der Waals surface area (Å²) in [4.78, 5) is 58.5. The quantitative estimate of drug-likeness (QED) is 0.0146. The molecular weight excluding hydrogens is 1270 g/mol. The maximum atomic E-state index is 12.9. The predicted molar refractivity (Wildman–Crippen MR) is 398 cm³/mol. The molecule has 0 amide bonds. The average molecular weight is 1400 g/mol. The molecule has 4 N–H and O–H groups in total. The number of unbranched alkanes of at least 4 members (excludes halogenated alkanes) is 16. The lowest BCUT2D eigenvalue weighted by Crippen LogP contribution is -2.30. The molecule has 0 fully saturated rings. The van der Waals surface area contributed by atoms with E-state index in [1.54, 1.807) is 0 Å². The first-order chi connectivity index (χ1) is 47.2. The molecule has 0 rings (SSSR count). The Bertz CT molecular complexity index is 2440. The fourth-order valence-corrected chi connectivity index (χ4v) is 10.5. The van der Waals surface area contributed by atoms with Crippen LogP contribution < -0.4 is 0 Å². The fourth-order valence-electron chi connectivity index (χ4n) is 8.91. The van der Waals surface area contributed by atoms with E-state index >= 15 is 0 Å². The maximum Gasteiger partial charge on any atom is 0.472 e. The average Bonchev–Trinajstić information content (AvgIpc) is 1.58. The van der Waals surface area contributed by atoms with Crippen molar-refractivity contribution in [3.05, 3.63) is 170 Å². The molecule has 0 radical (unpaired) electrons. The minimum absolute atomic E-state index is 0.0755. The molecule has 0 aromatic rings. The smallest absolute Gasteiger partial charge is 0.463 e. The number of hydrogen-bond donors (Lipinski definition) is 4. The Kier molecular flexibility index (Phi) is 67.0. The summed E-state index contributed by atoms with van der Waals surface area (Å²) >= 11 is 0. The van der Waals surface area contributed by atoms with E-state index < -0.39 is 91.5 Å². The molecule has 0 saturated heterocycles. The van der Waals surface area contributed by atoms with Crippen molar-refractivity contribution in [3.8, 4) is 0 Å². The highest BCUT2D eigenvalue weighted by molar-refractivity contribution is 7.47. The number of rotatable bonds is 67. The third-order valence-electron chi connectivity index (χ3n) is 14.4. The summed E-state index contributed by atoms with van der Waals surface area (Å²) in [6.07, 6.45) is 88.3. The van der Waals surface area contributed by atoms with Crippen LogP contribution in [0.3, 0.4) is 0 Å². The van der Waals surface area contributed by atoms with E-state index in [1.807, 2.05) is 0 Å². The highest BCUT2D eigenvalue weighted by Gasteiger charge is 2.29. The molecule has 16 nitrogen and oxygen atoms in total. The van der Waals surface area contributed by atoms with Gasteiger partial charge in [0, 0.05) is 19.3 Å². The summed E-state index contributed by atoms with van der Waals surface area (Å²) < 4.78 is 60.9. The summed E-state index contributed by atoms with van der Waals surface area (Å²) in [6, 6.07) is 0. The van der Waals surface area contributed by atoms with Crippen molar-refractivity contribution in [1.82, 2.24) is 0 Å². The SMILES string of the molecule is CC/C=C\C/C=C\C/C=C\C/C=C\C/C=C\C/C=C\CCCCCCCCC(=O)OCC(O)COP(=O)(O)OCC(O)COP(=O)(O)OCC(COC(=O)CCCCCC/C=C\C/C=C\C/C=C\C/C=C\C/C=C\C/C=C\CC)OC(=O)CCCCCCC/C=C\C/C=C\CCC. The molecule has 0 aliphatic rings. The van der Waals surface area contributed by atoms with Gasteiger partial charge in [-0.2, -0.15) is 0 Å². The number of esters is 3. The highest BCUT2D eigenvalue weighted by Crippen LogP contribution is 2.45. The first kappa shape index (κ1) is 91.9. The topological polar surface area (TPSA) is 231 Å². The van der Waals surface area contributed by atoms with Gasteiger partial charge in [0.1, 0.15) is 25.4 Å². The minimum atomic E-state index is -4.94. The molecule has 0 aliphatic carbocycles. The van der Waals surface area contributed by atoms with Crippen molar-refractivity contribution in [1.29, 1.82) is 0 Å². The number of carbonyl (C=O) groups is 3. The molecule has 5 unspecified atom stereocenters. The van der Waals surface area contributed by atoms with Gasteiger partial charge in [-0.1, -0.05) is 255 Å². The van der Waals surface area contributed by atoms with E-state index in [0.29, 0.717) is 19.3 Å². The monoisotopic (exact) mass is 1390 g/mol. The summed E-state index contributed by atoms with van der Waals surface area (Å²) in [6.45, 7) is 2.28. The number of carbonyl (C=O) groups excluding carboxylic acids is 3. The van der Waals surface area contributed by atoms with Crippen LogP contribution in [0.2, 0.25) is 0 Å². The van der Waals surface area contributed by atoms with Crippen LogP contribution in [0.25, 0.3) is 0 Å². The Morgan fingerprint density at radius 1 is 0.299 bits per heavy atom. The third-order valence-corrected chi connectivity index (χ3v) is 16.3. The number of phosphoric ester groups is 2. The number of hydrogen-bond acceptors (Lipinski definition) is 14. The van der Waals surface area contributed by atoms with E-state index in [1.165, 1.54) is 0 Å². The predicted octanol–water partition coefficient (Wildman–Crippen LogP) is 20.9.